The number of hydrogen-bond acceptors (Lipinski definition) is 7. The first-order chi connectivity index (χ1) is 18.6. The zero-order valence-corrected chi connectivity index (χ0v) is 21.4. The van der Waals surface area contributed by atoms with Gasteiger partial charge in [0.1, 0.15) is 23.6 Å². The molecule has 0 saturated carbocycles. The van der Waals surface area contributed by atoms with E-state index in [9.17, 15) is 0 Å². The highest BCUT2D eigenvalue weighted by Crippen LogP contribution is 2.33. The minimum atomic E-state index is 0.584. The van der Waals surface area contributed by atoms with E-state index >= 15 is 0 Å². The van der Waals surface area contributed by atoms with Crippen molar-refractivity contribution in [3.05, 3.63) is 73.1 Å². The Labute approximate surface area is 219 Å². The molecule has 0 bridgehead atoms. The molecule has 190 valence electrons. The second-order valence-corrected chi connectivity index (χ2v) is 9.25. The molecule has 38 heavy (non-hydrogen) atoms. The molecule has 2 N–H and O–H groups in total. The van der Waals surface area contributed by atoms with Crippen molar-refractivity contribution in [2.75, 3.05) is 34.4 Å². The molecule has 6 aromatic rings. The van der Waals surface area contributed by atoms with E-state index < -0.39 is 0 Å². The van der Waals surface area contributed by atoms with Gasteiger partial charge in [-0.05, 0) is 56.1 Å². The van der Waals surface area contributed by atoms with Crippen LogP contribution in [0.1, 0.15) is 0 Å². The highest BCUT2D eigenvalue weighted by molar-refractivity contribution is 5.96. The van der Waals surface area contributed by atoms with E-state index in [2.05, 4.69) is 37.2 Å². The lowest BCUT2D eigenvalue weighted by atomic mass is 10.0. The van der Waals surface area contributed by atoms with Crippen molar-refractivity contribution in [1.29, 1.82) is 0 Å². The number of imidazole rings is 1. The van der Waals surface area contributed by atoms with Crippen LogP contribution in [-0.4, -0.2) is 69.4 Å². The fraction of sp³-hybridized carbons (Fsp3) is 0.172. The van der Waals surface area contributed by atoms with Crippen LogP contribution in [0, 0.1) is 0 Å². The Morgan fingerprint density at radius 3 is 2.58 bits per heavy atom. The van der Waals surface area contributed by atoms with Crippen LogP contribution in [0.2, 0.25) is 0 Å². The van der Waals surface area contributed by atoms with Crippen molar-refractivity contribution in [2.24, 2.45) is 0 Å². The summed E-state index contributed by atoms with van der Waals surface area (Å²) < 4.78 is 11.3. The van der Waals surface area contributed by atoms with Gasteiger partial charge in [-0.15, -0.1) is 0 Å². The number of para-hydroxylation sites is 1. The monoisotopic (exact) mass is 505 g/mol. The molecule has 0 saturated heterocycles. The maximum absolute atomic E-state index is 5.87. The third-order valence-corrected chi connectivity index (χ3v) is 6.34. The number of ether oxygens (including phenoxy) is 2. The number of nitrogens with zero attached hydrogens (tertiary/aromatic N) is 5. The van der Waals surface area contributed by atoms with Gasteiger partial charge in [-0.2, -0.15) is 5.10 Å². The molecule has 6 rings (SSSR count). The molecule has 0 fully saturated rings. The summed E-state index contributed by atoms with van der Waals surface area (Å²) in [7, 11) is 5.70. The first-order valence-corrected chi connectivity index (χ1v) is 12.3. The summed E-state index contributed by atoms with van der Waals surface area (Å²) in [4.78, 5) is 19.7. The molecule has 4 aromatic heterocycles. The fourth-order valence-corrected chi connectivity index (χ4v) is 4.38. The maximum Gasteiger partial charge on any atom is 0.161 e. The van der Waals surface area contributed by atoms with E-state index in [-0.39, 0.29) is 0 Å². The smallest absolute Gasteiger partial charge is 0.161 e. The Morgan fingerprint density at radius 2 is 1.71 bits per heavy atom. The number of rotatable bonds is 8. The lowest BCUT2D eigenvalue weighted by Gasteiger charge is -2.11. The number of benzene rings is 2. The Hall–Kier alpha value is -4.76. The van der Waals surface area contributed by atoms with E-state index in [0.717, 1.165) is 56.7 Å². The van der Waals surface area contributed by atoms with Crippen molar-refractivity contribution >= 4 is 22.1 Å². The highest BCUT2D eigenvalue weighted by atomic mass is 16.5. The Morgan fingerprint density at radius 1 is 0.842 bits per heavy atom. The number of H-pyrrole nitrogens is 2. The van der Waals surface area contributed by atoms with Crippen molar-refractivity contribution in [2.45, 2.75) is 0 Å². The number of aromatic nitrogens is 6. The summed E-state index contributed by atoms with van der Waals surface area (Å²) in [6.45, 7) is 1.41. The van der Waals surface area contributed by atoms with Gasteiger partial charge < -0.3 is 19.4 Å². The molecule has 9 heteroatoms. The number of aromatic amines is 2. The van der Waals surface area contributed by atoms with Gasteiger partial charge in [-0.3, -0.25) is 10.1 Å². The molecular formula is C29H27N7O2. The first-order valence-electron chi connectivity index (χ1n) is 12.3. The molecule has 0 amide bonds. The quantitative estimate of drug-likeness (QED) is 0.294. The van der Waals surface area contributed by atoms with Gasteiger partial charge in [0.25, 0.3) is 0 Å². The SMILES string of the molecule is COc1cccc(-c2cccc3[nH]c(-c4n[nH]c5ccc(-c6cncc(OCCN(C)C)c6)nc45)nc23)c1. The maximum atomic E-state index is 5.87. The normalized spacial score (nSPS) is 11.5. The van der Waals surface area contributed by atoms with E-state index in [1.54, 1.807) is 19.5 Å². The summed E-state index contributed by atoms with van der Waals surface area (Å²) in [6, 6.07) is 19.9. The molecule has 4 heterocycles. The molecule has 0 unspecified atom stereocenters. The van der Waals surface area contributed by atoms with Gasteiger partial charge in [-0.25, -0.2) is 9.97 Å². The predicted octanol–water partition coefficient (Wildman–Crippen LogP) is 5.18. The summed E-state index contributed by atoms with van der Waals surface area (Å²) >= 11 is 0. The third kappa shape index (κ3) is 4.55. The number of likely N-dealkylation sites (N-methyl/N-ethyl adjacent to an activating group) is 1. The zero-order valence-electron chi connectivity index (χ0n) is 21.4. The van der Waals surface area contributed by atoms with Crippen LogP contribution < -0.4 is 9.47 Å². The van der Waals surface area contributed by atoms with E-state index in [1.165, 1.54) is 0 Å². The molecule has 9 nitrogen and oxygen atoms in total. The van der Waals surface area contributed by atoms with E-state index in [0.29, 0.717) is 23.9 Å². The standard InChI is InChI=1S/C29H27N7O2/c1-36(2)12-13-38-21-15-19(16-30-17-21)23-10-11-25-27(31-23)28(35-34-25)29-32-24-9-5-8-22(26(24)33-29)18-6-4-7-20(14-18)37-3/h4-11,14-17H,12-13H2,1-3H3,(H,32,33)(H,34,35). The average molecular weight is 506 g/mol. The molecule has 0 aliphatic heterocycles. The summed E-state index contributed by atoms with van der Waals surface area (Å²) in [5.41, 5.74) is 7.66. The van der Waals surface area contributed by atoms with Crippen LogP contribution in [0.15, 0.2) is 73.1 Å². The van der Waals surface area contributed by atoms with Gasteiger partial charge >= 0.3 is 0 Å². The van der Waals surface area contributed by atoms with Gasteiger partial charge in [-0.1, -0.05) is 24.3 Å². The highest BCUT2D eigenvalue weighted by Gasteiger charge is 2.17. The second-order valence-electron chi connectivity index (χ2n) is 9.25. The Bertz CT molecular complexity index is 1740. The number of hydrogen-bond donors (Lipinski definition) is 2. The van der Waals surface area contributed by atoms with Gasteiger partial charge in [0, 0.05) is 23.9 Å². The van der Waals surface area contributed by atoms with Crippen molar-refractivity contribution in [3.8, 4) is 45.4 Å². The van der Waals surface area contributed by atoms with Crippen LogP contribution in [0.3, 0.4) is 0 Å². The average Bonchev–Trinajstić information content (AvgIpc) is 3.56. The number of fused-ring (bicyclic) bond motifs is 2. The van der Waals surface area contributed by atoms with Crippen LogP contribution in [-0.2, 0) is 0 Å². The van der Waals surface area contributed by atoms with Crippen molar-refractivity contribution < 1.29 is 9.47 Å². The second kappa shape index (κ2) is 9.95. The molecule has 2 aromatic carbocycles. The summed E-state index contributed by atoms with van der Waals surface area (Å²) in [5.74, 6) is 2.15. The predicted molar refractivity (Wildman–Crippen MR) is 148 cm³/mol. The molecule has 0 atom stereocenters. The molecule has 0 aliphatic rings. The van der Waals surface area contributed by atoms with Crippen LogP contribution >= 0.6 is 0 Å². The Kier molecular flexibility index (Phi) is 6.19. The lowest BCUT2D eigenvalue weighted by Crippen LogP contribution is -2.19. The number of methoxy groups -OCH3 is 1. The van der Waals surface area contributed by atoms with Crippen molar-refractivity contribution in [1.82, 2.24) is 35.0 Å². The largest absolute Gasteiger partial charge is 0.497 e. The van der Waals surface area contributed by atoms with Crippen LogP contribution in [0.5, 0.6) is 11.5 Å². The van der Waals surface area contributed by atoms with Gasteiger partial charge in [0.15, 0.2) is 11.5 Å². The molecular weight excluding hydrogens is 478 g/mol. The van der Waals surface area contributed by atoms with E-state index in [4.69, 9.17) is 19.4 Å². The third-order valence-electron chi connectivity index (χ3n) is 6.34. The summed E-state index contributed by atoms with van der Waals surface area (Å²) in [5, 5.41) is 7.64. The Balaban J connectivity index is 1.37. The molecule has 0 aliphatic carbocycles. The first kappa shape index (κ1) is 23.6. The van der Waals surface area contributed by atoms with Gasteiger partial charge in [0.05, 0.1) is 35.6 Å². The lowest BCUT2D eigenvalue weighted by molar-refractivity contribution is 0.261. The van der Waals surface area contributed by atoms with Gasteiger partial charge in [0.2, 0.25) is 0 Å². The van der Waals surface area contributed by atoms with E-state index in [1.807, 2.05) is 62.6 Å². The zero-order chi connectivity index (χ0) is 26.1. The number of pyridine rings is 2. The van der Waals surface area contributed by atoms with Crippen molar-refractivity contribution in [3.63, 3.8) is 0 Å². The minimum Gasteiger partial charge on any atom is -0.497 e. The topological polar surface area (TPSA) is 105 Å². The molecule has 0 spiro atoms. The fourth-order valence-electron chi connectivity index (χ4n) is 4.38. The van der Waals surface area contributed by atoms with Crippen LogP contribution in [0.25, 0.3) is 56.0 Å². The van der Waals surface area contributed by atoms with Crippen LogP contribution in [0.4, 0.5) is 0 Å². The summed E-state index contributed by atoms with van der Waals surface area (Å²) in [6.07, 6.45) is 3.50. The molecule has 0 radical (unpaired) electrons. The minimum absolute atomic E-state index is 0.584. The number of nitrogens with one attached hydrogen (secondary N) is 2.